The van der Waals surface area contributed by atoms with Crippen LogP contribution in [0.1, 0.15) is 0 Å². The lowest BCUT2D eigenvalue weighted by Gasteiger charge is -2.39. The van der Waals surface area contributed by atoms with Crippen LogP contribution in [-0.4, -0.2) is 0 Å². The number of halogens is 1. The molecular weight excluding hydrogens is 574 g/mol. The van der Waals surface area contributed by atoms with Crippen molar-refractivity contribution in [2.24, 2.45) is 0 Å². The SMILES string of the molecule is [Br-].c1ccc2c([N+](c3cccc4ccccc34)(c3cccc4ccccc34)c3cccc4ccccc34)cccc2c1. The van der Waals surface area contributed by atoms with Crippen molar-refractivity contribution in [3.05, 3.63) is 170 Å². The maximum absolute atomic E-state index is 2.33. The van der Waals surface area contributed by atoms with Crippen molar-refractivity contribution in [1.29, 1.82) is 0 Å². The second-order valence-corrected chi connectivity index (χ2v) is 10.7. The first-order chi connectivity index (χ1) is 20.4. The quantitative estimate of drug-likeness (QED) is 0.177. The Morgan fingerprint density at radius 1 is 0.238 bits per heavy atom. The summed E-state index contributed by atoms with van der Waals surface area (Å²) in [6.07, 6.45) is 0. The van der Waals surface area contributed by atoms with Gasteiger partial charge in [0.25, 0.3) is 0 Å². The molecule has 0 heterocycles. The van der Waals surface area contributed by atoms with E-state index in [1.807, 2.05) is 0 Å². The van der Waals surface area contributed by atoms with Gasteiger partial charge in [0, 0.05) is 45.8 Å². The van der Waals surface area contributed by atoms with E-state index >= 15 is 0 Å². The zero-order valence-electron chi connectivity index (χ0n) is 23.0. The Kier molecular flexibility index (Phi) is 6.59. The average molecular weight is 603 g/mol. The van der Waals surface area contributed by atoms with E-state index in [2.05, 4.69) is 170 Å². The minimum Gasteiger partial charge on any atom is -1.00 e. The third-order valence-corrected chi connectivity index (χ3v) is 8.51. The summed E-state index contributed by atoms with van der Waals surface area (Å²) in [5.41, 5.74) is 4.92. The van der Waals surface area contributed by atoms with E-state index in [9.17, 15) is 0 Å². The maximum Gasteiger partial charge on any atom is 0.156 e. The molecule has 0 bridgehead atoms. The Morgan fingerprint density at radius 2 is 0.452 bits per heavy atom. The molecule has 0 fully saturated rings. The van der Waals surface area contributed by atoms with E-state index < -0.39 is 0 Å². The second kappa shape index (κ2) is 10.6. The van der Waals surface area contributed by atoms with Crippen LogP contribution in [0.2, 0.25) is 0 Å². The molecule has 0 radical (unpaired) electrons. The highest BCUT2D eigenvalue weighted by Gasteiger charge is 2.43. The maximum atomic E-state index is 2.33. The number of benzene rings is 8. The van der Waals surface area contributed by atoms with Gasteiger partial charge < -0.3 is 17.0 Å². The molecule has 0 spiro atoms. The van der Waals surface area contributed by atoms with Gasteiger partial charge in [-0.15, -0.1) is 0 Å². The van der Waals surface area contributed by atoms with Crippen molar-refractivity contribution in [3.8, 4) is 0 Å². The van der Waals surface area contributed by atoms with Crippen molar-refractivity contribution in [2.45, 2.75) is 0 Å². The number of fused-ring (bicyclic) bond motifs is 4. The van der Waals surface area contributed by atoms with E-state index in [1.165, 1.54) is 65.8 Å². The van der Waals surface area contributed by atoms with Crippen molar-refractivity contribution in [2.75, 3.05) is 0 Å². The summed E-state index contributed by atoms with van der Waals surface area (Å²) in [5, 5.41) is 9.88. The third kappa shape index (κ3) is 3.88. The Labute approximate surface area is 256 Å². The van der Waals surface area contributed by atoms with Crippen LogP contribution < -0.4 is 21.5 Å². The molecule has 42 heavy (non-hydrogen) atoms. The Balaban J connectivity index is 0.00000288. The summed E-state index contributed by atoms with van der Waals surface area (Å²) >= 11 is 0. The molecule has 0 aliphatic heterocycles. The van der Waals surface area contributed by atoms with Crippen LogP contribution in [0.15, 0.2) is 170 Å². The predicted molar refractivity (Wildman–Crippen MR) is 177 cm³/mol. The van der Waals surface area contributed by atoms with Crippen molar-refractivity contribution >= 4 is 65.8 Å². The molecule has 0 aliphatic rings. The molecule has 0 saturated carbocycles. The topological polar surface area (TPSA) is 0 Å². The van der Waals surface area contributed by atoms with Crippen molar-refractivity contribution in [1.82, 2.24) is 4.48 Å². The highest BCUT2D eigenvalue weighted by atomic mass is 79.9. The Bertz CT molecular complexity index is 1890. The van der Waals surface area contributed by atoms with Gasteiger partial charge in [0.2, 0.25) is 0 Å². The second-order valence-electron chi connectivity index (χ2n) is 10.7. The minimum atomic E-state index is 0. The third-order valence-electron chi connectivity index (χ3n) is 8.51. The molecule has 0 aliphatic carbocycles. The van der Waals surface area contributed by atoms with Crippen LogP contribution in [0.5, 0.6) is 0 Å². The van der Waals surface area contributed by atoms with Crippen LogP contribution in [0.25, 0.3) is 43.1 Å². The molecular formula is C40H28BrN. The highest BCUT2D eigenvalue weighted by molar-refractivity contribution is 6.12. The minimum absolute atomic E-state index is 0. The number of quaternary nitrogens is 1. The summed E-state index contributed by atoms with van der Waals surface area (Å²) in [5.74, 6) is 0. The van der Waals surface area contributed by atoms with Gasteiger partial charge >= 0.3 is 0 Å². The van der Waals surface area contributed by atoms with Crippen molar-refractivity contribution in [3.63, 3.8) is 0 Å². The van der Waals surface area contributed by atoms with Crippen LogP contribution >= 0.6 is 0 Å². The summed E-state index contributed by atoms with van der Waals surface area (Å²) in [7, 11) is 0. The molecule has 0 aromatic heterocycles. The van der Waals surface area contributed by atoms with Gasteiger partial charge in [0.15, 0.2) is 22.7 Å². The summed E-state index contributed by atoms with van der Waals surface area (Å²) in [4.78, 5) is 0. The zero-order chi connectivity index (χ0) is 27.2. The Morgan fingerprint density at radius 3 is 0.714 bits per heavy atom. The fraction of sp³-hybridized carbons (Fsp3) is 0. The van der Waals surface area contributed by atoms with Crippen LogP contribution in [0.3, 0.4) is 0 Å². The Hall–Kier alpha value is -4.76. The average Bonchev–Trinajstić information content (AvgIpc) is 3.05. The van der Waals surface area contributed by atoms with Gasteiger partial charge in [-0.05, 0) is 45.8 Å². The highest BCUT2D eigenvalue weighted by Crippen LogP contribution is 2.58. The van der Waals surface area contributed by atoms with Gasteiger partial charge in [0.1, 0.15) is 0 Å². The molecule has 0 saturated heterocycles. The molecule has 200 valence electrons. The van der Waals surface area contributed by atoms with E-state index in [0.29, 0.717) is 4.48 Å². The number of hydrogen-bond acceptors (Lipinski definition) is 0. The lowest BCUT2D eigenvalue weighted by Crippen LogP contribution is -3.00. The summed E-state index contributed by atoms with van der Waals surface area (Å²) < 4.78 is 0.450. The van der Waals surface area contributed by atoms with Gasteiger partial charge in [0.05, 0.1) is 0 Å². The van der Waals surface area contributed by atoms with E-state index in [0.717, 1.165) is 0 Å². The molecule has 8 aromatic rings. The van der Waals surface area contributed by atoms with Crippen LogP contribution in [0, 0.1) is 0 Å². The molecule has 0 atom stereocenters. The molecule has 0 N–H and O–H groups in total. The fourth-order valence-electron chi connectivity index (χ4n) is 6.78. The lowest BCUT2D eigenvalue weighted by atomic mass is 9.95. The molecule has 8 aromatic carbocycles. The smallest absolute Gasteiger partial charge is 0.156 e. The monoisotopic (exact) mass is 601 g/mol. The van der Waals surface area contributed by atoms with Gasteiger partial charge in [-0.1, -0.05) is 121 Å². The first-order valence-corrected chi connectivity index (χ1v) is 14.2. The lowest BCUT2D eigenvalue weighted by molar-refractivity contribution is -0.00000758. The predicted octanol–water partition coefficient (Wildman–Crippen LogP) is 8.61. The van der Waals surface area contributed by atoms with Crippen LogP contribution in [0.4, 0.5) is 22.7 Å². The number of nitrogens with zero attached hydrogens (tertiary/aromatic N) is 1. The number of rotatable bonds is 4. The first kappa shape index (κ1) is 26.2. The van der Waals surface area contributed by atoms with Gasteiger partial charge in [-0.2, -0.15) is 4.48 Å². The van der Waals surface area contributed by atoms with Gasteiger partial charge in [-0.3, -0.25) is 0 Å². The van der Waals surface area contributed by atoms with E-state index in [4.69, 9.17) is 0 Å². The largest absolute Gasteiger partial charge is 1.00 e. The van der Waals surface area contributed by atoms with Gasteiger partial charge in [-0.25, -0.2) is 0 Å². The standard InChI is InChI=1S/C40H28N.BrH/c1-5-21-33-29(13-1)17-9-25-37(33)41(38-26-10-18-30-14-2-6-22-34(30)38,39-27-11-19-31-15-3-7-23-35(31)39)40-28-12-20-32-16-4-8-24-36(32)40;/h1-28H;1H/q+1;/p-1. The fourth-order valence-corrected chi connectivity index (χ4v) is 6.78. The molecule has 0 unspecified atom stereocenters. The van der Waals surface area contributed by atoms with E-state index in [1.54, 1.807) is 0 Å². The first-order valence-electron chi connectivity index (χ1n) is 14.2. The summed E-state index contributed by atoms with van der Waals surface area (Å²) in [6.45, 7) is 0. The molecule has 1 nitrogen and oxygen atoms in total. The van der Waals surface area contributed by atoms with Crippen molar-refractivity contribution < 1.29 is 17.0 Å². The molecule has 0 amide bonds. The normalized spacial score (nSPS) is 11.6. The molecule has 2 heteroatoms. The van der Waals surface area contributed by atoms with E-state index in [-0.39, 0.29) is 17.0 Å². The zero-order valence-corrected chi connectivity index (χ0v) is 24.6. The van der Waals surface area contributed by atoms with Crippen LogP contribution in [-0.2, 0) is 0 Å². The number of hydrogen-bond donors (Lipinski definition) is 0. The molecule has 8 rings (SSSR count). The summed E-state index contributed by atoms with van der Waals surface area (Å²) in [6, 6.07) is 62.3.